The summed E-state index contributed by atoms with van der Waals surface area (Å²) in [6.45, 7) is 6.57. The highest BCUT2D eigenvalue weighted by Crippen LogP contribution is 2.29. The maximum Gasteiger partial charge on any atom is 0.317 e. The van der Waals surface area contributed by atoms with E-state index in [0.29, 0.717) is 12.1 Å². The molecule has 0 aromatic carbocycles. The highest BCUT2D eigenvalue weighted by atomic mass is 16.4. The van der Waals surface area contributed by atoms with Crippen molar-refractivity contribution in [2.45, 2.75) is 77.3 Å². The van der Waals surface area contributed by atoms with Gasteiger partial charge in [0.2, 0.25) is 0 Å². The van der Waals surface area contributed by atoms with Gasteiger partial charge < -0.3 is 10.4 Å². The van der Waals surface area contributed by atoms with Crippen molar-refractivity contribution in [3.8, 4) is 0 Å². The molecule has 2 fully saturated rings. The van der Waals surface area contributed by atoms with E-state index in [4.69, 9.17) is 5.11 Å². The van der Waals surface area contributed by atoms with Crippen molar-refractivity contribution < 1.29 is 9.90 Å². The second-order valence-electron chi connectivity index (χ2n) is 7.53. The van der Waals surface area contributed by atoms with Crippen LogP contribution in [0.3, 0.4) is 0 Å². The Bertz CT molecular complexity index is 336. The number of likely N-dealkylation sites (N-methyl/N-ethyl adjacent to an activating group) is 1. The third-order valence-electron chi connectivity index (χ3n) is 5.59. The van der Waals surface area contributed by atoms with Crippen LogP contribution in [-0.2, 0) is 4.79 Å². The second-order valence-corrected chi connectivity index (χ2v) is 7.53. The van der Waals surface area contributed by atoms with E-state index in [1.54, 1.807) is 0 Å². The van der Waals surface area contributed by atoms with Crippen molar-refractivity contribution in [1.29, 1.82) is 0 Å². The van der Waals surface area contributed by atoms with E-state index in [0.717, 1.165) is 37.8 Å². The molecule has 4 heteroatoms. The van der Waals surface area contributed by atoms with Gasteiger partial charge in [-0.1, -0.05) is 46.0 Å². The first kappa shape index (κ1) is 17.7. The lowest BCUT2D eigenvalue weighted by atomic mass is 9.82. The van der Waals surface area contributed by atoms with Crippen LogP contribution in [0.25, 0.3) is 0 Å². The average molecular weight is 310 g/mol. The molecule has 0 spiro atoms. The monoisotopic (exact) mass is 310 g/mol. The summed E-state index contributed by atoms with van der Waals surface area (Å²) in [5, 5.41) is 12.6. The smallest absolute Gasteiger partial charge is 0.317 e. The van der Waals surface area contributed by atoms with E-state index in [2.05, 4.69) is 24.1 Å². The fourth-order valence-corrected chi connectivity index (χ4v) is 4.17. The van der Waals surface area contributed by atoms with Gasteiger partial charge in [0.05, 0.1) is 6.54 Å². The Labute approximate surface area is 135 Å². The van der Waals surface area contributed by atoms with Crippen LogP contribution >= 0.6 is 0 Å². The van der Waals surface area contributed by atoms with E-state index in [1.807, 2.05) is 0 Å². The number of rotatable bonds is 9. The Kier molecular flexibility index (Phi) is 7.16. The zero-order valence-corrected chi connectivity index (χ0v) is 14.4. The molecule has 1 unspecified atom stereocenters. The van der Waals surface area contributed by atoms with Crippen LogP contribution in [0.1, 0.15) is 65.2 Å². The number of hydrogen-bond donors (Lipinski definition) is 2. The molecule has 0 heterocycles. The van der Waals surface area contributed by atoms with Crippen LogP contribution in [0.2, 0.25) is 0 Å². The van der Waals surface area contributed by atoms with Gasteiger partial charge >= 0.3 is 5.97 Å². The van der Waals surface area contributed by atoms with E-state index in [9.17, 15) is 4.79 Å². The molecule has 0 aromatic heterocycles. The van der Waals surface area contributed by atoms with Crippen LogP contribution in [-0.4, -0.2) is 47.7 Å². The van der Waals surface area contributed by atoms with Gasteiger partial charge in [-0.15, -0.1) is 0 Å². The molecular formula is C18H34N2O2. The Morgan fingerprint density at radius 2 is 1.95 bits per heavy atom. The van der Waals surface area contributed by atoms with Gasteiger partial charge in [0.25, 0.3) is 0 Å². The number of nitrogens with one attached hydrogen (secondary N) is 1. The normalized spacial score (nSPS) is 27.6. The largest absolute Gasteiger partial charge is 0.480 e. The van der Waals surface area contributed by atoms with Crippen LogP contribution < -0.4 is 5.32 Å². The zero-order valence-electron chi connectivity index (χ0n) is 14.4. The molecule has 128 valence electrons. The summed E-state index contributed by atoms with van der Waals surface area (Å²) in [5.41, 5.74) is 0. The van der Waals surface area contributed by atoms with Gasteiger partial charge in [0.15, 0.2) is 0 Å². The molecule has 4 nitrogen and oxygen atoms in total. The van der Waals surface area contributed by atoms with Gasteiger partial charge in [0, 0.05) is 12.1 Å². The Hall–Kier alpha value is -0.610. The molecule has 2 saturated carbocycles. The molecule has 2 aliphatic carbocycles. The lowest BCUT2D eigenvalue weighted by Crippen LogP contribution is -2.54. The van der Waals surface area contributed by atoms with Gasteiger partial charge in [-0.3, -0.25) is 9.69 Å². The Morgan fingerprint density at radius 3 is 2.55 bits per heavy atom. The average Bonchev–Trinajstić information content (AvgIpc) is 2.44. The maximum atomic E-state index is 10.8. The Morgan fingerprint density at radius 1 is 1.27 bits per heavy atom. The molecule has 2 N–H and O–H groups in total. The molecule has 2 aliphatic rings. The Balaban J connectivity index is 1.58. The predicted octanol–water partition coefficient (Wildman–Crippen LogP) is 3.12. The number of carbonyl (C=O) groups is 1. The van der Waals surface area contributed by atoms with Crippen molar-refractivity contribution in [2.24, 2.45) is 11.8 Å². The first-order valence-corrected chi connectivity index (χ1v) is 9.27. The summed E-state index contributed by atoms with van der Waals surface area (Å²) in [7, 11) is 0. The second kappa shape index (κ2) is 8.88. The molecule has 0 radical (unpaired) electrons. The summed E-state index contributed by atoms with van der Waals surface area (Å²) >= 11 is 0. The van der Waals surface area contributed by atoms with Gasteiger partial charge in [-0.05, 0) is 44.2 Å². The fraction of sp³-hybridized carbons (Fsp3) is 0.944. The summed E-state index contributed by atoms with van der Waals surface area (Å²) in [6.07, 6.45) is 10.8. The predicted molar refractivity (Wildman–Crippen MR) is 90.1 cm³/mol. The molecular weight excluding hydrogens is 276 g/mol. The SMILES string of the molecule is CCN(CC(=O)O)C1CC(NCC(C)CC2CCCCC2)C1. The molecule has 0 bridgehead atoms. The molecule has 22 heavy (non-hydrogen) atoms. The number of carboxylic acids is 1. The van der Waals surface area contributed by atoms with Crippen molar-refractivity contribution in [3.05, 3.63) is 0 Å². The van der Waals surface area contributed by atoms with Crippen molar-refractivity contribution in [1.82, 2.24) is 10.2 Å². The van der Waals surface area contributed by atoms with Crippen LogP contribution in [0.15, 0.2) is 0 Å². The summed E-state index contributed by atoms with van der Waals surface area (Å²) in [4.78, 5) is 12.9. The minimum Gasteiger partial charge on any atom is -0.480 e. The summed E-state index contributed by atoms with van der Waals surface area (Å²) in [5.74, 6) is 1.02. The number of nitrogens with zero attached hydrogens (tertiary/aromatic N) is 1. The van der Waals surface area contributed by atoms with Crippen molar-refractivity contribution >= 4 is 5.97 Å². The van der Waals surface area contributed by atoms with Gasteiger partial charge in [-0.2, -0.15) is 0 Å². The van der Waals surface area contributed by atoms with E-state index in [1.165, 1.54) is 38.5 Å². The van der Waals surface area contributed by atoms with Gasteiger partial charge in [0.1, 0.15) is 0 Å². The molecule has 1 atom stereocenters. The van der Waals surface area contributed by atoms with Crippen LogP contribution in [0.5, 0.6) is 0 Å². The zero-order chi connectivity index (χ0) is 15.9. The number of hydrogen-bond acceptors (Lipinski definition) is 3. The third-order valence-corrected chi connectivity index (χ3v) is 5.59. The summed E-state index contributed by atoms with van der Waals surface area (Å²) in [6, 6.07) is 1.06. The minimum atomic E-state index is -0.709. The van der Waals surface area contributed by atoms with E-state index in [-0.39, 0.29) is 6.54 Å². The first-order valence-electron chi connectivity index (χ1n) is 9.27. The maximum absolute atomic E-state index is 10.8. The molecule has 0 amide bonds. The quantitative estimate of drug-likeness (QED) is 0.687. The molecule has 0 aromatic rings. The lowest BCUT2D eigenvalue weighted by molar-refractivity contribution is -0.139. The van der Waals surface area contributed by atoms with Crippen molar-refractivity contribution in [3.63, 3.8) is 0 Å². The minimum absolute atomic E-state index is 0.186. The van der Waals surface area contributed by atoms with E-state index >= 15 is 0 Å². The van der Waals surface area contributed by atoms with Crippen molar-refractivity contribution in [2.75, 3.05) is 19.6 Å². The molecule has 2 rings (SSSR count). The van der Waals surface area contributed by atoms with Crippen LogP contribution in [0.4, 0.5) is 0 Å². The van der Waals surface area contributed by atoms with Crippen LogP contribution in [0, 0.1) is 11.8 Å². The number of carboxylic acid groups (broad SMARTS) is 1. The lowest BCUT2D eigenvalue weighted by Gasteiger charge is -2.43. The highest BCUT2D eigenvalue weighted by molar-refractivity contribution is 5.69. The highest BCUT2D eigenvalue weighted by Gasteiger charge is 2.33. The fourth-order valence-electron chi connectivity index (χ4n) is 4.17. The molecule has 0 saturated heterocycles. The third kappa shape index (κ3) is 5.54. The summed E-state index contributed by atoms with van der Waals surface area (Å²) < 4.78 is 0. The first-order chi connectivity index (χ1) is 10.6. The topological polar surface area (TPSA) is 52.6 Å². The van der Waals surface area contributed by atoms with E-state index < -0.39 is 5.97 Å². The van der Waals surface area contributed by atoms with Gasteiger partial charge in [-0.25, -0.2) is 0 Å². The standard InChI is InChI=1S/C18H34N2O2/c1-3-20(13-18(21)22)17-10-16(11-17)19-12-14(2)9-15-7-5-4-6-8-15/h14-17,19H,3-13H2,1-2H3,(H,21,22). The molecule has 0 aliphatic heterocycles. The number of aliphatic carboxylic acids is 1.